The minimum Gasteiger partial charge on any atom is -0.460 e. The molecule has 0 saturated heterocycles. The minimum atomic E-state index is -0.279. The molecule has 0 aliphatic carbocycles. The van der Waals surface area contributed by atoms with Gasteiger partial charge in [0.15, 0.2) is 5.76 Å². The van der Waals surface area contributed by atoms with E-state index in [1.54, 1.807) is 18.2 Å². The molecule has 1 heterocycles. The van der Waals surface area contributed by atoms with Gasteiger partial charge in [-0.2, -0.15) is 0 Å². The van der Waals surface area contributed by atoms with Gasteiger partial charge in [0.25, 0.3) is 0 Å². The maximum absolute atomic E-state index is 12.0. The number of furan rings is 1. The standard InChI is InChI=1S/C11H5BrCl2O2/c12-8-3-4-16-11(8)10(15)7-2-1-6(13)5-9(7)14/h1-5H. The summed E-state index contributed by atoms with van der Waals surface area (Å²) >= 11 is 14.9. The first-order chi connectivity index (χ1) is 7.59. The summed E-state index contributed by atoms with van der Waals surface area (Å²) in [5, 5.41) is 0.792. The quantitative estimate of drug-likeness (QED) is 0.758. The summed E-state index contributed by atoms with van der Waals surface area (Å²) < 4.78 is 5.68. The third-order valence-corrected chi connectivity index (χ3v) is 3.17. The Morgan fingerprint density at radius 2 is 2.00 bits per heavy atom. The van der Waals surface area contributed by atoms with Crippen molar-refractivity contribution in [2.45, 2.75) is 0 Å². The van der Waals surface area contributed by atoms with Crippen molar-refractivity contribution >= 4 is 44.9 Å². The van der Waals surface area contributed by atoms with Gasteiger partial charge < -0.3 is 4.42 Å². The molecule has 0 unspecified atom stereocenters. The van der Waals surface area contributed by atoms with Crippen LogP contribution in [0.2, 0.25) is 10.0 Å². The molecule has 0 spiro atoms. The van der Waals surface area contributed by atoms with E-state index in [9.17, 15) is 4.79 Å². The fraction of sp³-hybridized carbons (Fsp3) is 0. The molecular formula is C11H5BrCl2O2. The van der Waals surface area contributed by atoms with E-state index in [0.717, 1.165) is 0 Å². The lowest BCUT2D eigenvalue weighted by molar-refractivity contribution is 0.101. The predicted octanol–water partition coefficient (Wildman–Crippen LogP) is 4.58. The fourth-order valence-corrected chi connectivity index (χ4v) is 2.13. The molecule has 0 aliphatic heterocycles. The highest BCUT2D eigenvalue weighted by atomic mass is 79.9. The monoisotopic (exact) mass is 318 g/mol. The fourth-order valence-electron chi connectivity index (χ4n) is 1.25. The van der Waals surface area contributed by atoms with Gasteiger partial charge in [-0.05, 0) is 40.2 Å². The minimum absolute atomic E-state index is 0.226. The summed E-state index contributed by atoms with van der Waals surface area (Å²) in [6.07, 6.45) is 1.43. The molecule has 0 bridgehead atoms. The number of hydrogen-bond acceptors (Lipinski definition) is 2. The molecule has 0 atom stereocenters. The first kappa shape index (κ1) is 11.7. The van der Waals surface area contributed by atoms with Gasteiger partial charge in [0.1, 0.15) is 0 Å². The maximum atomic E-state index is 12.0. The number of halogens is 3. The van der Waals surface area contributed by atoms with Crippen molar-refractivity contribution in [1.29, 1.82) is 0 Å². The Morgan fingerprint density at radius 3 is 2.56 bits per heavy atom. The van der Waals surface area contributed by atoms with Crippen molar-refractivity contribution in [2.24, 2.45) is 0 Å². The molecule has 1 aromatic carbocycles. The number of carbonyl (C=O) groups excluding carboxylic acids is 1. The van der Waals surface area contributed by atoms with Gasteiger partial charge in [0, 0.05) is 10.6 Å². The summed E-state index contributed by atoms with van der Waals surface area (Å²) in [5.41, 5.74) is 0.363. The lowest BCUT2D eigenvalue weighted by Crippen LogP contribution is -2.01. The van der Waals surface area contributed by atoms with Crippen molar-refractivity contribution in [2.75, 3.05) is 0 Å². The lowest BCUT2D eigenvalue weighted by atomic mass is 10.1. The summed E-state index contributed by atoms with van der Waals surface area (Å²) in [4.78, 5) is 12.0. The van der Waals surface area contributed by atoms with E-state index in [4.69, 9.17) is 27.6 Å². The van der Waals surface area contributed by atoms with E-state index >= 15 is 0 Å². The van der Waals surface area contributed by atoms with E-state index < -0.39 is 0 Å². The van der Waals surface area contributed by atoms with Crippen LogP contribution < -0.4 is 0 Å². The first-order valence-corrected chi connectivity index (χ1v) is 5.87. The third-order valence-electron chi connectivity index (χ3n) is 2.00. The molecule has 0 amide bonds. The molecule has 0 N–H and O–H groups in total. The SMILES string of the molecule is O=C(c1ccc(Cl)cc1Cl)c1occc1Br. The highest BCUT2D eigenvalue weighted by molar-refractivity contribution is 9.10. The zero-order valence-corrected chi connectivity index (χ0v) is 10.9. The highest BCUT2D eigenvalue weighted by Gasteiger charge is 2.18. The normalized spacial score (nSPS) is 10.4. The van der Waals surface area contributed by atoms with Crippen LogP contribution in [0.25, 0.3) is 0 Å². The van der Waals surface area contributed by atoms with Crippen LogP contribution in [0.3, 0.4) is 0 Å². The van der Waals surface area contributed by atoms with Crippen LogP contribution in [0.1, 0.15) is 16.1 Å². The van der Waals surface area contributed by atoms with Gasteiger partial charge in [-0.25, -0.2) is 0 Å². The van der Waals surface area contributed by atoms with Crippen LogP contribution in [0.5, 0.6) is 0 Å². The summed E-state index contributed by atoms with van der Waals surface area (Å²) in [6, 6.07) is 6.35. The molecule has 0 aliphatic rings. The number of benzene rings is 1. The second kappa shape index (κ2) is 4.62. The van der Waals surface area contributed by atoms with E-state index in [1.807, 2.05) is 0 Å². The topological polar surface area (TPSA) is 30.2 Å². The van der Waals surface area contributed by atoms with Crippen LogP contribution in [0.15, 0.2) is 39.4 Å². The van der Waals surface area contributed by atoms with Crippen molar-refractivity contribution in [3.63, 3.8) is 0 Å². The Labute approximate surface area is 110 Å². The second-order valence-electron chi connectivity index (χ2n) is 3.05. The summed E-state index contributed by atoms with van der Waals surface area (Å²) in [5.74, 6) is -0.0530. The van der Waals surface area contributed by atoms with Gasteiger partial charge in [0.2, 0.25) is 5.78 Å². The molecule has 0 saturated carbocycles. The van der Waals surface area contributed by atoms with Crippen molar-refractivity contribution in [3.05, 3.63) is 56.4 Å². The molecule has 2 rings (SSSR count). The Balaban J connectivity index is 2.46. The molecule has 0 radical (unpaired) electrons. The van der Waals surface area contributed by atoms with Crippen LogP contribution in [-0.2, 0) is 0 Å². The Morgan fingerprint density at radius 1 is 1.25 bits per heavy atom. The molecule has 16 heavy (non-hydrogen) atoms. The van der Waals surface area contributed by atoms with Gasteiger partial charge in [-0.3, -0.25) is 4.79 Å². The third kappa shape index (κ3) is 2.17. The Bertz CT molecular complexity index is 549. The number of ketones is 1. The molecule has 2 nitrogen and oxygen atoms in total. The first-order valence-electron chi connectivity index (χ1n) is 4.32. The number of rotatable bonds is 2. The van der Waals surface area contributed by atoms with Crippen LogP contribution in [0.4, 0.5) is 0 Å². The van der Waals surface area contributed by atoms with Crippen molar-refractivity contribution in [3.8, 4) is 0 Å². The van der Waals surface area contributed by atoms with Crippen LogP contribution in [0, 0.1) is 0 Å². The van der Waals surface area contributed by atoms with Gasteiger partial charge in [0.05, 0.1) is 15.8 Å². The van der Waals surface area contributed by atoms with Crippen LogP contribution >= 0.6 is 39.1 Å². The maximum Gasteiger partial charge on any atom is 0.230 e. The van der Waals surface area contributed by atoms with Crippen LogP contribution in [-0.4, -0.2) is 5.78 Å². The smallest absolute Gasteiger partial charge is 0.230 e. The Hall–Kier alpha value is -0.770. The summed E-state index contributed by atoms with van der Waals surface area (Å²) in [6.45, 7) is 0. The van der Waals surface area contributed by atoms with Gasteiger partial charge in [-0.1, -0.05) is 23.2 Å². The average Bonchev–Trinajstić information content (AvgIpc) is 2.63. The zero-order valence-electron chi connectivity index (χ0n) is 7.84. The average molecular weight is 320 g/mol. The largest absolute Gasteiger partial charge is 0.460 e. The van der Waals surface area contributed by atoms with Gasteiger partial charge >= 0.3 is 0 Å². The van der Waals surface area contributed by atoms with E-state index in [0.29, 0.717) is 20.1 Å². The predicted molar refractivity (Wildman–Crippen MR) is 66.3 cm³/mol. The second-order valence-corrected chi connectivity index (χ2v) is 4.75. The molecule has 2 aromatic rings. The molecular weight excluding hydrogens is 315 g/mol. The van der Waals surface area contributed by atoms with E-state index in [1.165, 1.54) is 12.3 Å². The molecule has 1 aromatic heterocycles. The van der Waals surface area contributed by atoms with E-state index in [-0.39, 0.29) is 11.5 Å². The Kier molecular flexibility index (Phi) is 3.38. The lowest BCUT2D eigenvalue weighted by Gasteiger charge is -2.02. The van der Waals surface area contributed by atoms with Crippen molar-refractivity contribution < 1.29 is 9.21 Å². The summed E-state index contributed by atoms with van der Waals surface area (Å²) in [7, 11) is 0. The van der Waals surface area contributed by atoms with E-state index in [2.05, 4.69) is 15.9 Å². The molecule has 82 valence electrons. The number of carbonyl (C=O) groups is 1. The number of hydrogen-bond donors (Lipinski definition) is 0. The zero-order chi connectivity index (χ0) is 11.7. The molecule has 5 heteroatoms. The van der Waals surface area contributed by atoms with Crippen molar-refractivity contribution in [1.82, 2.24) is 0 Å². The molecule has 0 fully saturated rings. The highest BCUT2D eigenvalue weighted by Crippen LogP contribution is 2.26. The van der Waals surface area contributed by atoms with Gasteiger partial charge in [-0.15, -0.1) is 0 Å².